The molecular weight excluding hydrogens is 437 g/mol. The molecule has 1 atom stereocenters. The summed E-state index contributed by atoms with van der Waals surface area (Å²) in [4.78, 5) is 22.6. The van der Waals surface area contributed by atoms with Crippen molar-refractivity contribution in [3.05, 3.63) is 55.6 Å². The zero-order valence-corrected chi connectivity index (χ0v) is 16.6. The van der Waals surface area contributed by atoms with Crippen molar-refractivity contribution in [1.82, 2.24) is 14.6 Å². The summed E-state index contributed by atoms with van der Waals surface area (Å²) in [6.45, 7) is 1.67. The Labute approximate surface area is 172 Å². The first-order chi connectivity index (χ1) is 12.8. The average Bonchev–Trinajstić information content (AvgIpc) is 2.99. The Morgan fingerprint density at radius 1 is 1.26 bits per heavy atom. The molecule has 27 heavy (non-hydrogen) atoms. The van der Waals surface area contributed by atoms with Gasteiger partial charge in [0.15, 0.2) is 10.8 Å². The minimum Gasteiger partial charge on any atom is -0.324 e. The molecule has 2 heterocycles. The molecule has 1 unspecified atom stereocenters. The van der Waals surface area contributed by atoms with Crippen LogP contribution >= 0.6 is 46.6 Å². The van der Waals surface area contributed by atoms with Gasteiger partial charge in [-0.15, -0.1) is 10.2 Å². The lowest BCUT2D eigenvalue weighted by molar-refractivity contribution is -0.384. The highest BCUT2D eigenvalue weighted by Crippen LogP contribution is 2.30. The lowest BCUT2D eigenvalue weighted by Crippen LogP contribution is -2.22. The van der Waals surface area contributed by atoms with Crippen molar-refractivity contribution in [2.75, 3.05) is 5.32 Å². The van der Waals surface area contributed by atoms with Crippen molar-refractivity contribution in [1.29, 1.82) is 0 Å². The van der Waals surface area contributed by atoms with Gasteiger partial charge in [-0.2, -0.15) is 0 Å². The van der Waals surface area contributed by atoms with Gasteiger partial charge in [-0.3, -0.25) is 19.3 Å². The van der Waals surface area contributed by atoms with E-state index in [1.807, 2.05) is 0 Å². The molecule has 0 fully saturated rings. The van der Waals surface area contributed by atoms with E-state index in [1.165, 1.54) is 18.2 Å². The molecule has 0 saturated heterocycles. The van der Waals surface area contributed by atoms with Gasteiger partial charge in [0, 0.05) is 18.3 Å². The molecule has 0 saturated carbocycles. The number of anilines is 1. The molecule has 8 nitrogen and oxygen atoms in total. The second-order valence-electron chi connectivity index (χ2n) is 5.35. The summed E-state index contributed by atoms with van der Waals surface area (Å²) in [5, 5.41) is 22.1. The number of carbonyl (C=O) groups is 1. The number of hydrogen-bond donors (Lipinski definition) is 1. The van der Waals surface area contributed by atoms with Gasteiger partial charge >= 0.3 is 0 Å². The van der Waals surface area contributed by atoms with Gasteiger partial charge in [-0.25, -0.2) is 0 Å². The molecule has 0 aliphatic rings. The summed E-state index contributed by atoms with van der Waals surface area (Å²) in [5.41, 5.74) is 0.538. The SMILES string of the molecule is CC(Sc1nnc2c(Cl)cc(Cl)cn12)C(=O)Nc1ccc([N+](=O)[O-])cc1Cl. The highest BCUT2D eigenvalue weighted by Gasteiger charge is 2.20. The van der Waals surface area contributed by atoms with Crippen molar-refractivity contribution in [3.8, 4) is 0 Å². The largest absolute Gasteiger partial charge is 0.324 e. The molecular formula is C15H10Cl3N5O3S. The van der Waals surface area contributed by atoms with Crippen LogP contribution in [-0.4, -0.2) is 30.7 Å². The minimum atomic E-state index is -0.568. The van der Waals surface area contributed by atoms with Crippen LogP contribution in [0, 0.1) is 10.1 Å². The predicted molar refractivity (Wildman–Crippen MR) is 105 cm³/mol. The number of nitro groups is 1. The number of hydrogen-bond acceptors (Lipinski definition) is 6. The molecule has 3 rings (SSSR count). The maximum Gasteiger partial charge on any atom is 0.271 e. The fourth-order valence-corrected chi connectivity index (χ4v) is 3.70. The standard InChI is InChI=1S/C15H10Cl3N5O3S/c1-7(14(24)19-12-3-2-9(23(25)26)5-10(12)17)27-15-21-20-13-11(18)4-8(16)6-22(13)15/h2-7H,1H3,(H,19,24). The van der Waals surface area contributed by atoms with Gasteiger partial charge in [-0.1, -0.05) is 46.6 Å². The maximum absolute atomic E-state index is 12.4. The van der Waals surface area contributed by atoms with Crippen molar-refractivity contribution in [2.45, 2.75) is 17.3 Å². The van der Waals surface area contributed by atoms with E-state index < -0.39 is 10.2 Å². The van der Waals surface area contributed by atoms with E-state index in [0.717, 1.165) is 11.8 Å². The minimum absolute atomic E-state index is 0.0706. The Hall–Kier alpha value is -2.07. The van der Waals surface area contributed by atoms with Crippen LogP contribution in [0.4, 0.5) is 11.4 Å². The summed E-state index contributed by atoms with van der Waals surface area (Å²) in [6, 6.07) is 5.36. The summed E-state index contributed by atoms with van der Waals surface area (Å²) in [6.07, 6.45) is 1.60. The quantitative estimate of drug-likeness (QED) is 0.346. The van der Waals surface area contributed by atoms with Gasteiger partial charge in [0.05, 0.1) is 30.9 Å². The highest BCUT2D eigenvalue weighted by atomic mass is 35.5. The molecule has 1 amide bonds. The van der Waals surface area contributed by atoms with Crippen molar-refractivity contribution >= 4 is 69.5 Å². The zero-order valence-electron chi connectivity index (χ0n) is 13.5. The first-order valence-electron chi connectivity index (χ1n) is 7.37. The zero-order chi connectivity index (χ0) is 19.7. The third-order valence-electron chi connectivity index (χ3n) is 3.47. The van der Waals surface area contributed by atoms with Crippen LogP contribution in [0.5, 0.6) is 0 Å². The van der Waals surface area contributed by atoms with Crippen molar-refractivity contribution in [2.24, 2.45) is 0 Å². The van der Waals surface area contributed by atoms with Crippen LogP contribution < -0.4 is 5.32 Å². The van der Waals surface area contributed by atoms with Crippen molar-refractivity contribution in [3.63, 3.8) is 0 Å². The van der Waals surface area contributed by atoms with Crippen LogP contribution in [0.2, 0.25) is 15.1 Å². The van der Waals surface area contributed by atoms with E-state index >= 15 is 0 Å². The molecule has 0 aliphatic heterocycles. The smallest absolute Gasteiger partial charge is 0.271 e. The third-order valence-corrected chi connectivity index (χ3v) is 5.32. The number of pyridine rings is 1. The monoisotopic (exact) mass is 445 g/mol. The number of carbonyl (C=O) groups excluding carboxylic acids is 1. The van der Waals surface area contributed by atoms with Crippen LogP contribution in [0.1, 0.15) is 6.92 Å². The fourth-order valence-electron chi connectivity index (χ4n) is 2.15. The van der Waals surface area contributed by atoms with Crippen LogP contribution in [0.3, 0.4) is 0 Å². The summed E-state index contributed by atoms with van der Waals surface area (Å²) in [5.74, 6) is -0.361. The lowest BCUT2D eigenvalue weighted by atomic mass is 10.2. The molecule has 2 aromatic heterocycles. The second-order valence-corrected chi connectivity index (χ2v) is 7.91. The van der Waals surface area contributed by atoms with Gasteiger partial charge in [-0.05, 0) is 19.1 Å². The number of nitrogens with zero attached hydrogens (tertiary/aromatic N) is 4. The Morgan fingerprint density at radius 2 is 2.00 bits per heavy atom. The van der Waals surface area contributed by atoms with Crippen LogP contribution in [-0.2, 0) is 4.79 Å². The number of aromatic nitrogens is 3. The number of rotatable bonds is 5. The molecule has 0 bridgehead atoms. The normalized spacial score (nSPS) is 12.1. The summed E-state index contributed by atoms with van der Waals surface area (Å²) >= 11 is 19.2. The molecule has 0 spiro atoms. The molecule has 3 aromatic rings. The first-order valence-corrected chi connectivity index (χ1v) is 9.39. The number of amides is 1. The number of fused-ring (bicyclic) bond motifs is 1. The Bertz CT molecular complexity index is 1060. The lowest BCUT2D eigenvalue weighted by Gasteiger charge is -2.12. The summed E-state index contributed by atoms with van der Waals surface area (Å²) < 4.78 is 1.60. The first kappa shape index (κ1) is 19.7. The molecule has 140 valence electrons. The molecule has 12 heteroatoms. The Balaban J connectivity index is 1.76. The molecule has 1 aromatic carbocycles. The number of thioether (sulfide) groups is 1. The van der Waals surface area contributed by atoms with Crippen molar-refractivity contribution < 1.29 is 9.72 Å². The van der Waals surface area contributed by atoms with Gasteiger partial charge in [0.2, 0.25) is 5.91 Å². The van der Waals surface area contributed by atoms with Crippen LogP contribution in [0.15, 0.2) is 35.6 Å². The Morgan fingerprint density at radius 3 is 2.67 bits per heavy atom. The van der Waals surface area contributed by atoms with Gasteiger partial charge in [0.25, 0.3) is 5.69 Å². The molecule has 1 N–H and O–H groups in total. The van der Waals surface area contributed by atoms with E-state index in [0.29, 0.717) is 20.8 Å². The fraction of sp³-hybridized carbons (Fsp3) is 0.133. The highest BCUT2D eigenvalue weighted by molar-refractivity contribution is 8.00. The second kappa shape index (κ2) is 7.89. The molecule has 0 aliphatic carbocycles. The van der Waals surface area contributed by atoms with E-state index in [9.17, 15) is 14.9 Å². The third kappa shape index (κ3) is 4.27. The predicted octanol–water partition coefficient (Wildman–Crippen LogP) is 4.72. The van der Waals surface area contributed by atoms with E-state index in [2.05, 4.69) is 15.5 Å². The number of benzene rings is 1. The Kier molecular flexibility index (Phi) is 5.75. The van der Waals surface area contributed by atoms with Gasteiger partial charge in [0.1, 0.15) is 0 Å². The van der Waals surface area contributed by atoms with Crippen LogP contribution in [0.25, 0.3) is 5.65 Å². The number of non-ortho nitro benzene ring substituents is 1. The van der Waals surface area contributed by atoms with E-state index in [1.54, 1.807) is 23.6 Å². The number of halogens is 3. The summed E-state index contributed by atoms with van der Waals surface area (Å²) in [7, 11) is 0. The van der Waals surface area contributed by atoms with Gasteiger partial charge < -0.3 is 5.32 Å². The van der Waals surface area contributed by atoms with E-state index in [-0.39, 0.29) is 22.3 Å². The number of nitrogens with one attached hydrogen (secondary N) is 1. The average molecular weight is 447 g/mol. The van der Waals surface area contributed by atoms with E-state index in [4.69, 9.17) is 34.8 Å². The topological polar surface area (TPSA) is 102 Å². The molecule has 0 radical (unpaired) electrons. The number of nitro benzene ring substituents is 1. The maximum atomic E-state index is 12.4.